The van der Waals surface area contributed by atoms with Crippen LogP contribution in [0.2, 0.25) is 0 Å². The Bertz CT molecular complexity index is 1220. The van der Waals surface area contributed by atoms with Crippen LogP contribution in [0.25, 0.3) is 6.08 Å². The fourth-order valence-corrected chi connectivity index (χ4v) is 4.21. The smallest absolute Gasteiger partial charge is 0.283 e. The number of benzene rings is 2. The Morgan fingerprint density at radius 2 is 1.82 bits per heavy atom. The molecule has 34 heavy (non-hydrogen) atoms. The van der Waals surface area contributed by atoms with E-state index in [1.165, 1.54) is 16.8 Å². The number of hydrazone groups is 1. The van der Waals surface area contributed by atoms with E-state index >= 15 is 0 Å². The van der Waals surface area contributed by atoms with E-state index in [4.69, 9.17) is 19.6 Å². The Hall–Kier alpha value is -3.59. The summed E-state index contributed by atoms with van der Waals surface area (Å²) in [5, 5.41) is 15.6. The highest BCUT2D eigenvalue weighted by Gasteiger charge is 2.36. The topological polar surface area (TPSA) is 96.6 Å². The van der Waals surface area contributed by atoms with Gasteiger partial charge in [0.1, 0.15) is 24.0 Å². The molecule has 0 saturated heterocycles. The third-order valence-corrected chi connectivity index (χ3v) is 6.36. The number of para-hydroxylation sites is 1. The van der Waals surface area contributed by atoms with E-state index in [1.807, 2.05) is 45.0 Å². The SMILES string of the molecule is COc1cc(C=C2C(=N)N3N=C(C(C)C)SC3=NC2=O)ccc1OCCOc1ccccc1C. The van der Waals surface area contributed by atoms with Crippen LogP contribution in [-0.4, -0.2) is 47.3 Å². The summed E-state index contributed by atoms with van der Waals surface area (Å²) in [6, 6.07) is 13.1. The van der Waals surface area contributed by atoms with Gasteiger partial charge in [0.05, 0.1) is 12.7 Å². The standard InChI is InChI=1S/C25H26N4O4S/c1-15(2)24-28-29-22(26)18(23(30)27-25(29)34-24)13-17-9-10-20(21(14-17)31-4)33-12-11-32-19-8-6-5-7-16(19)3/h5-10,13-15,26H,11-12H2,1-4H3. The highest BCUT2D eigenvalue weighted by atomic mass is 32.2. The van der Waals surface area contributed by atoms with Gasteiger partial charge in [-0.15, -0.1) is 0 Å². The molecule has 0 atom stereocenters. The molecule has 0 radical (unpaired) electrons. The van der Waals surface area contributed by atoms with Gasteiger partial charge >= 0.3 is 0 Å². The van der Waals surface area contributed by atoms with Crippen molar-refractivity contribution < 1.29 is 19.0 Å². The van der Waals surface area contributed by atoms with Gasteiger partial charge in [0.2, 0.25) is 5.17 Å². The van der Waals surface area contributed by atoms with Crippen LogP contribution in [-0.2, 0) is 4.79 Å². The van der Waals surface area contributed by atoms with E-state index in [9.17, 15) is 4.79 Å². The first-order chi connectivity index (χ1) is 16.4. The van der Waals surface area contributed by atoms with E-state index in [1.54, 1.807) is 31.4 Å². The Balaban J connectivity index is 1.45. The van der Waals surface area contributed by atoms with Crippen molar-refractivity contribution in [2.45, 2.75) is 20.8 Å². The minimum atomic E-state index is -0.461. The number of fused-ring (bicyclic) bond motifs is 1. The second kappa shape index (κ2) is 10.1. The van der Waals surface area contributed by atoms with Gasteiger partial charge in [-0.05, 0) is 54.1 Å². The Kier molecular flexibility index (Phi) is 7.02. The molecule has 0 fully saturated rings. The summed E-state index contributed by atoms with van der Waals surface area (Å²) in [4.78, 5) is 16.7. The number of nitrogens with one attached hydrogen (secondary N) is 1. The van der Waals surface area contributed by atoms with Gasteiger partial charge in [0.15, 0.2) is 17.3 Å². The van der Waals surface area contributed by atoms with E-state index in [0.29, 0.717) is 35.4 Å². The van der Waals surface area contributed by atoms with E-state index < -0.39 is 5.91 Å². The van der Waals surface area contributed by atoms with Crippen molar-refractivity contribution in [1.29, 1.82) is 5.41 Å². The first-order valence-corrected chi connectivity index (χ1v) is 11.7. The molecule has 176 valence electrons. The van der Waals surface area contributed by atoms with Crippen LogP contribution in [0.3, 0.4) is 0 Å². The summed E-state index contributed by atoms with van der Waals surface area (Å²) in [5.41, 5.74) is 1.92. The van der Waals surface area contributed by atoms with Crippen LogP contribution in [0.5, 0.6) is 17.2 Å². The highest BCUT2D eigenvalue weighted by molar-refractivity contribution is 8.27. The summed E-state index contributed by atoms with van der Waals surface area (Å²) >= 11 is 1.33. The largest absolute Gasteiger partial charge is 0.493 e. The van der Waals surface area contributed by atoms with Crippen LogP contribution >= 0.6 is 11.8 Å². The van der Waals surface area contributed by atoms with Crippen molar-refractivity contribution in [2.75, 3.05) is 20.3 Å². The van der Waals surface area contributed by atoms with Gasteiger partial charge in [0, 0.05) is 5.92 Å². The minimum Gasteiger partial charge on any atom is -0.493 e. The van der Waals surface area contributed by atoms with Crippen LogP contribution in [0.1, 0.15) is 25.0 Å². The molecule has 2 aliphatic heterocycles. The number of amidine groups is 2. The number of rotatable bonds is 8. The van der Waals surface area contributed by atoms with Crippen molar-refractivity contribution in [3.63, 3.8) is 0 Å². The molecule has 0 saturated carbocycles. The van der Waals surface area contributed by atoms with Gasteiger partial charge in [-0.1, -0.05) is 38.1 Å². The summed E-state index contributed by atoms with van der Waals surface area (Å²) < 4.78 is 17.1. The number of thioether (sulfide) groups is 1. The number of nitrogens with zero attached hydrogens (tertiary/aromatic N) is 3. The molecule has 0 aromatic heterocycles. The molecule has 0 spiro atoms. The normalized spacial score (nSPS) is 16.5. The van der Waals surface area contributed by atoms with Crippen molar-refractivity contribution in [2.24, 2.45) is 16.0 Å². The fourth-order valence-electron chi connectivity index (χ4n) is 3.32. The number of carbonyl (C=O) groups excluding carboxylic acids is 1. The molecule has 0 bridgehead atoms. The van der Waals surface area contributed by atoms with E-state index in [0.717, 1.165) is 16.4 Å². The highest BCUT2D eigenvalue weighted by Crippen LogP contribution is 2.32. The lowest BCUT2D eigenvalue weighted by molar-refractivity contribution is -0.114. The van der Waals surface area contributed by atoms with Crippen LogP contribution in [0.4, 0.5) is 0 Å². The van der Waals surface area contributed by atoms with Crippen molar-refractivity contribution in [3.05, 3.63) is 59.2 Å². The van der Waals surface area contributed by atoms with E-state index in [-0.39, 0.29) is 17.3 Å². The molecule has 8 nitrogen and oxygen atoms in total. The lowest BCUT2D eigenvalue weighted by Gasteiger charge is -2.20. The molecular weight excluding hydrogens is 452 g/mol. The molecule has 1 N–H and O–H groups in total. The second-order valence-corrected chi connectivity index (χ2v) is 8.97. The molecule has 0 unspecified atom stereocenters. The lowest BCUT2D eigenvalue weighted by Crippen LogP contribution is -2.35. The third-order valence-electron chi connectivity index (χ3n) is 5.15. The molecule has 2 aromatic rings. The number of hydrogen-bond acceptors (Lipinski definition) is 7. The van der Waals surface area contributed by atoms with Crippen molar-refractivity contribution in [1.82, 2.24) is 5.01 Å². The number of amides is 1. The quantitative estimate of drug-likeness (QED) is 0.435. The number of ether oxygens (including phenoxy) is 3. The van der Waals surface area contributed by atoms with Gasteiger partial charge < -0.3 is 14.2 Å². The number of carbonyl (C=O) groups is 1. The Morgan fingerprint density at radius 1 is 1.09 bits per heavy atom. The predicted molar refractivity (Wildman–Crippen MR) is 135 cm³/mol. The molecule has 2 heterocycles. The molecule has 9 heteroatoms. The van der Waals surface area contributed by atoms with Crippen molar-refractivity contribution in [3.8, 4) is 17.2 Å². The number of aryl methyl sites for hydroxylation is 1. The van der Waals surface area contributed by atoms with Gasteiger partial charge in [-0.3, -0.25) is 10.2 Å². The number of hydrogen-bond donors (Lipinski definition) is 1. The number of methoxy groups -OCH3 is 1. The minimum absolute atomic E-state index is 0.00537. The van der Waals surface area contributed by atoms with Crippen LogP contribution in [0, 0.1) is 18.3 Å². The predicted octanol–water partition coefficient (Wildman–Crippen LogP) is 4.74. The average molecular weight is 479 g/mol. The fraction of sp³-hybridized carbons (Fsp3) is 0.280. The lowest BCUT2D eigenvalue weighted by atomic mass is 10.1. The summed E-state index contributed by atoms with van der Waals surface area (Å²) in [7, 11) is 1.55. The molecule has 1 amide bonds. The molecule has 2 aliphatic rings. The maximum atomic E-state index is 12.6. The average Bonchev–Trinajstić information content (AvgIpc) is 3.25. The Labute approximate surface area is 202 Å². The molecule has 2 aromatic carbocycles. The van der Waals surface area contributed by atoms with Crippen LogP contribution < -0.4 is 14.2 Å². The number of aliphatic imine (C=N–C) groups is 1. The van der Waals surface area contributed by atoms with Crippen LogP contribution in [0.15, 0.2) is 58.1 Å². The zero-order chi connectivity index (χ0) is 24.2. The first kappa shape index (κ1) is 23.6. The van der Waals surface area contributed by atoms with Crippen molar-refractivity contribution >= 4 is 39.8 Å². The Morgan fingerprint density at radius 3 is 2.53 bits per heavy atom. The molecule has 4 rings (SSSR count). The summed E-state index contributed by atoms with van der Waals surface area (Å²) in [5.74, 6) is 1.63. The molecule has 0 aliphatic carbocycles. The van der Waals surface area contributed by atoms with E-state index in [2.05, 4.69) is 10.1 Å². The maximum absolute atomic E-state index is 12.6. The summed E-state index contributed by atoms with van der Waals surface area (Å²) in [6.07, 6.45) is 1.62. The zero-order valence-electron chi connectivity index (χ0n) is 19.5. The molecular formula is C25H26N4O4S. The monoisotopic (exact) mass is 478 g/mol. The zero-order valence-corrected chi connectivity index (χ0v) is 20.3. The summed E-state index contributed by atoms with van der Waals surface area (Å²) in [6.45, 7) is 6.75. The van der Waals surface area contributed by atoms with Gasteiger partial charge in [-0.25, -0.2) is 0 Å². The maximum Gasteiger partial charge on any atom is 0.283 e. The first-order valence-electron chi connectivity index (χ1n) is 10.9. The second-order valence-electron chi connectivity index (χ2n) is 7.99. The third kappa shape index (κ3) is 4.99. The van der Waals surface area contributed by atoms with Gasteiger partial charge in [-0.2, -0.15) is 15.1 Å². The van der Waals surface area contributed by atoms with Gasteiger partial charge in [0.25, 0.3) is 5.91 Å².